The van der Waals surface area contributed by atoms with E-state index in [1.165, 1.54) is 25.3 Å². The fraction of sp³-hybridized carbons (Fsp3) is 0.308. The van der Waals surface area contributed by atoms with Gasteiger partial charge in [0.15, 0.2) is 23.5 Å². The molecular formula is C13H10F3N3O4. The van der Waals surface area contributed by atoms with E-state index in [-0.39, 0.29) is 36.0 Å². The van der Waals surface area contributed by atoms with E-state index in [0.717, 1.165) is 0 Å². The molecule has 10 heteroatoms. The summed E-state index contributed by atoms with van der Waals surface area (Å²) < 4.78 is 57.8. The zero-order valence-electron chi connectivity index (χ0n) is 11.8. The first-order valence-corrected chi connectivity index (χ1v) is 6.37. The number of benzene rings is 1. The second-order valence-corrected chi connectivity index (χ2v) is 4.45. The predicted molar refractivity (Wildman–Crippen MR) is 68.4 cm³/mol. The average Bonchev–Trinajstić information content (AvgIpc) is 3.11. The second kappa shape index (κ2) is 5.88. The smallest absolute Gasteiger partial charge is 0.468 e. The van der Waals surface area contributed by atoms with Crippen molar-refractivity contribution in [2.45, 2.75) is 19.4 Å². The van der Waals surface area contributed by atoms with Gasteiger partial charge < -0.3 is 18.4 Å². The van der Waals surface area contributed by atoms with Crippen LogP contribution in [0.15, 0.2) is 27.1 Å². The Balaban J connectivity index is 1.80. The highest BCUT2D eigenvalue weighted by Gasteiger charge is 2.37. The number of fused-ring (bicyclic) bond motifs is 1. The fourth-order valence-electron chi connectivity index (χ4n) is 1.84. The van der Waals surface area contributed by atoms with Gasteiger partial charge in [0.25, 0.3) is 5.89 Å². The van der Waals surface area contributed by atoms with Crippen molar-refractivity contribution in [3.63, 3.8) is 0 Å². The van der Waals surface area contributed by atoms with E-state index in [2.05, 4.69) is 19.5 Å². The molecule has 0 amide bonds. The van der Waals surface area contributed by atoms with Gasteiger partial charge in [0.1, 0.15) is 12.4 Å². The fourth-order valence-corrected chi connectivity index (χ4v) is 1.84. The molecule has 0 atom stereocenters. The molecule has 0 spiro atoms. The van der Waals surface area contributed by atoms with Crippen molar-refractivity contribution in [3.8, 4) is 5.75 Å². The predicted octanol–water partition coefficient (Wildman–Crippen LogP) is 2.96. The Kier molecular flexibility index (Phi) is 3.90. The van der Waals surface area contributed by atoms with Gasteiger partial charge in [-0.2, -0.15) is 18.2 Å². The summed E-state index contributed by atoms with van der Waals surface area (Å²) in [6.07, 6.45) is -4.67. The van der Waals surface area contributed by atoms with Crippen LogP contribution in [0.5, 0.6) is 5.75 Å². The summed E-state index contributed by atoms with van der Waals surface area (Å²) in [5.74, 6) is -0.712. The number of nitrogens with zero attached hydrogens (tertiary/aromatic N) is 3. The molecule has 7 nitrogen and oxygen atoms in total. The first-order chi connectivity index (χ1) is 11.0. The van der Waals surface area contributed by atoms with Crippen molar-refractivity contribution in [2.75, 3.05) is 7.11 Å². The molecule has 0 bridgehead atoms. The number of ether oxygens (including phenoxy) is 2. The van der Waals surface area contributed by atoms with E-state index >= 15 is 0 Å². The monoisotopic (exact) mass is 329 g/mol. The second-order valence-electron chi connectivity index (χ2n) is 4.45. The maximum atomic E-state index is 12.6. The minimum atomic E-state index is -4.67. The first kappa shape index (κ1) is 15.3. The van der Waals surface area contributed by atoms with Gasteiger partial charge >= 0.3 is 12.1 Å². The van der Waals surface area contributed by atoms with Crippen LogP contribution in [-0.4, -0.2) is 22.2 Å². The van der Waals surface area contributed by atoms with E-state index in [0.29, 0.717) is 5.82 Å². The van der Waals surface area contributed by atoms with Crippen LogP contribution >= 0.6 is 0 Å². The zero-order chi connectivity index (χ0) is 16.4. The van der Waals surface area contributed by atoms with E-state index in [9.17, 15) is 13.2 Å². The number of aromatic nitrogens is 3. The summed E-state index contributed by atoms with van der Waals surface area (Å²) in [6, 6.07) is 4.33. The van der Waals surface area contributed by atoms with Gasteiger partial charge in [0.2, 0.25) is 0 Å². The van der Waals surface area contributed by atoms with Gasteiger partial charge in [0, 0.05) is 7.11 Å². The van der Waals surface area contributed by atoms with Crippen LogP contribution in [0.4, 0.5) is 13.2 Å². The molecule has 2 aromatic heterocycles. The van der Waals surface area contributed by atoms with E-state index in [1.807, 2.05) is 0 Å². The molecule has 0 aliphatic heterocycles. The summed E-state index contributed by atoms with van der Waals surface area (Å²) in [5, 5.41) is 3.64. The molecule has 0 aliphatic carbocycles. The molecule has 23 heavy (non-hydrogen) atoms. The van der Waals surface area contributed by atoms with Crippen LogP contribution in [0, 0.1) is 0 Å². The molecule has 0 fully saturated rings. The molecule has 0 aliphatic rings. The largest absolute Gasteiger partial charge is 0.481 e. The average molecular weight is 329 g/mol. The summed E-state index contributed by atoms with van der Waals surface area (Å²) in [7, 11) is 1.48. The third-order valence-electron chi connectivity index (χ3n) is 2.76. The molecule has 0 saturated carbocycles. The Labute approximate surface area is 127 Å². The molecule has 0 unspecified atom stereocenters. The quantitative estimate of drug-likeness (QED) is 0.711. The highest BCUT2D eigenvalue weighted by Crippen LogP contribution is 2.34. The van der Waals surface area contributed by atoms with Gasteiger partial charge in [-0.05, 0) is 12.1 Å². The lowest BCUT2D eigenvalue weighted by atomic mass is 10.3. The molecule has 2 heterocycles. The Morgan fingerprint density at radius 3 is 2.74 bits per heavy atom. The van der Waals surface area contributed by atoms with Crippen molar-refractivity contribution >= 4 is 11.1 Å². The maximum Gasteiger partial charge on any atom is 0.468 e. The summed E-state index contributed by atoms with van der Waals surface area (Å²) in [5.41, 5.74) is -0.0584. The number of halogens is 3. The van der Waals surface area contributed by atoms with Gasteiger partial charge in [-0.25, -0.2) is 4.98 Å². The number of methoxy groups -OCH3 is 1. The minimum Gasteiger partial charge on any atom is -0.481 e. The van der Waals surface area contributed by atoms with E-state index < -0.39 is 12.1 Å². The van der Waals surface area contributed by atoms with Gasteiger partial charge in [-0.1, -0.05) is 11.2 Å². The molecule has 3 aromatic rings. The number of oxazole rings is 1. The van der Waals surface area contributed by atoms with Crippen molar-refractivity contribution in [2.24, 2.45) is 0 Å². The molecule has 0 N–H and O–H groups in total. The van der Waals surface area contributed by atoms with Gasteiger partial charge in [-0.3, -0.25) is 0 Å². The molecular weight excluding hydrogens is 319 g/mol. The third-order valence-corrected chi connectivity index (χ3v) is 2.76. The number of para-hydroxylation sites is 1. The number of alkyl halides is 3. The topological polar surface area (TPSA) is 83.4 Å². The standard InChI is InChI=1S/C13H10F3N3O4/c1-20-5-9-17-10(23-19-9)6-21-7-3-2-4-8-11(7)18-12(22-8)13(14,15)16/h2-4H,5-6H2,1H3. The van der Waals surface area contributed by atoms with Crippen molar-refractivity contribution in [3.05, 3.63) is 35.8 Å². The van der Waals surface area contributed by atoms with Crippen LogP contribution in [0.2, 0.25) is 0 Å². The number of rotatable bonds is 5. The molecule has 0 radical (unpaired) electrons. The summed E-state index contributed by atoms with van der Waals surface area (Å²) >= 11 is 0. The molecule has 3 rings (SSSR count). The van der Waals surface area contributed by atoms with Crippen LogP contribution < -0.4 is 4.74 Å². The zero-order valence-corrected chi connectivity index (χ0v) is 11.8. The normalized spacial score (nSPS) is 12.0. The molecule has 122 valence electrons. The molecule has 1 aromatic carbocycles. The van der Waals surface area contributed by atoms with Crippen LogP contribution in [0.25, 0.3) is 11.1 Å². The Hall–Kier alpha value is -2.62. The SMILES string of the molecule is COCc1noc(COc2cccc3oc(C(F)(F)F)nc23)n1. The number of hydrogen-bond donors (Lipinski definition) is 0. The number of hydrogen-bond acceptors (Lipinski definition) is 7. The van der Waals surface area contributed by atoms with Crippen molar-refractivity contribution < 1.29 is 31.6 Å². The van der Waals surface area contributed by atoms with Crippen LogP contribution in [0.1, 0.15) is 17.6 Å². The van der Waals surface area contributed by atoms with Crippen molar-refractivity contribution in [1.29, 1.82) is 0 Å². The lowest BCUT2D eigenvalue weighted by molar-refractivity contribution is -0.156. The summed E-state index contributed by atoms with van der Waals surface area (Å²) in [6.45, 7) is 0.0569. The third kappa shape index (κ3) is 3.26. The van der Waals surface area contributed by atoms with Gasteiger partial charge in [0.05, 0.1) is 0 Å². The lowest BCUT2D eigenvalue weighted by Gasteiger charge is -2.02. The first-order valence-electron chi connectivity index (χ1n) is 6.37. The van der Waals surface area contributed by atoms with Crippen LogP contribution in [-0.2, 0) is 24.1 Å². The van der Waals surface area contributed by atoms with Gasteiger partial charge in [-0.15, -0.1) is 0 Å². The highest BCUT2D eigenvalue weighted by molar-refractivity contribution is 5.79. The van der Waals surface area contributed by atoms with Crippen molar-refractivity contribution in [1.82, 2.24) is 15.1 Å². The van der Waals surface area contributed by atoms with E-state index in [4.69, 9.17) is 14.0 Å². The Morgan fingerprint density at radius 2 is 2.00 bits per heavy atom. The summed E-state index contributed by atoms with van der Waals surface area (Å²) in [4.78, 5) is 7.42. The van der Waals surface area contributed by atoms with E-state index in [1.54, 1.807) is 0 Å². The maximum absolute atomic E-state index is 12.6. The van der Waals surface area contributed by atoms with Crippen LogP contribution in [0.3, 0.4) is 0 Å². The Morgan fingerprint density at radius 1 is 1.17 bits per heavy atom. The Bertz CT molecular complexity index is 812. The molecule has 0 saturated heterocycles. The lowest BCUT2D eigenvalue weighted by Crippen LogP contribution is -2.04. The highest BCUT2D eigenvalue weighted by atomic mass is 19.4. The minimum absolute atomic E-state index is 0.0274.